The molecule has 0 saturated heterocycles. The largest absolute Gasteiger partial charge is 0.497 e. The Morgan fingerprint density at radius 1 is 1.00 bits per heavy atom. The molecule has 1 aliphatic rings. The molecule has 0 spiro atoms. The number of ether oxygens (including phenoxy) is 1. The van der Waals surface area contributed by atoms with Gasteiger partial charge in [0, 0.05) is 18.4 Å². The topological polar surface area (TPSA) is 67.4 Å². The van der Waals surface area contributed by atoms with Crippen LogP contribution in [-0.2, 0) is 16.0 Å². The second-order valence-corrected chi connectivity index (χ2v) is 7.41. The fourth-order valence-corrected chi connectivity index (χ4v) is 3.72. The highest BCUT2D eigenvalue weighted by Crippen LogP contribution is 2.30. The second-order valence-electron chi connectivity index (χ2n) is 7.41. The summed E-state index contributed by atoms with van der Waals surface area (Å²) in [5.74, 6) is -0.0214. The van der Waals surface area contributed by atoms with E-state index < -0.39 is 5.82 Å². The molecule has 0 unspecified atom stereocenters. The maximum Gasteiger partial charge on any atom is 0.227 e. The van der Waals surface area contributed by atoms with Crippen LogP contribution in [0.25, 0.3) is 0 Å². The number of amides is 2. The fourth-order valence-electron chi connectivity index (χ4n) is 3.72. The fraction of sp³-hybridized carbons (Fsp3) is 0.391. The molecule has 29 heavy (non-hydrogen) atoms. The Morgan fingerprint density at radius 3 is 2.38 bits per heavy atom. The third kappa shape index (κ3) is 5.79. The van der Waals surface area contributed by atoms with Crippen LogP contribution in [0.2, 0.25) is 0 Å². The number of carbonyl (C=O) groups excluding carboxylic acids is 2. The Labute approximate surface area is 170 Å². The molecule has 1 fully saturated rings. The lowest BCUT2D eigenvalue weighted by Gasteiger charge is -2.27. The van der Waals surface area contributed by atoms with Gasteiger partial charge >= 0.3 is 0 Å². The average molecular weight is 398 g/mol. The lowest BCUT2D eigenvalue weighted by molar-refractivity contribution is -0.128. The van der Waals surface area contributed by atoms with Gasteiger partial charge in [0.25, 0.3) is 0 Å². The van der Waals surface area contributed by atoms with Gasteiger partial charge in [0.1, 0.15) is 11.6 Å². The highest BCUT2D eigenvalue weighted by molar-refractivity contribution is 5.92. The summed E-state index contributed by atoms with van der Waals surface area (Å²) in [6, 6.07) is 13.9. The monoisotopic (exact) mass is 398 g/mol. The lowest BCUT2D eigenvalue weighted by Crippen LogP contribution is -2.36. The number of anilines is 1. The van der Waals surface area contributed by atoms with Crippen molar-refractivity contribution >= 4 is 17.5 Å². The molecule has 2 aromatic carbocycles. The molecule has 154 valence electrons. The molecule has 0 radical (unpaired) electrons. The third-order valence-corrected chi connectivity index (χ3v) is 5.45. The second kappa shape index (κ2) is 10.0. The normalized spacial score (nSPS) is 18.7. The van der Waals surface area contributed by atoms with Crippen molar-refractivity contribution in [1.82, 2.24) is 5.32 Å². The molecule has 0 aromatic heterocycles. The van der Waals surface area contributed by atoms with E-state index in [1.54, 1.807) is 25.3 Å². The van der Waals surface area contributed by atoms with Gasteiger partial charge < -0.3 is 15.4 Å². The number of rotatable bonds is 7. The van der Waals surface area contributed by atoms with Gasteiger partial charge in [0.05, 0.1) is 12.8 Å². The Balaban J connectivity index is 1.41. The first kappa shape index (κ1) is 20.8. The van der Waals surface area contributed by atoms with Gasteiger partial charge in [-0.05, 0) is 61.9 Å². The van der Waals surface area contributed by atoms with Crippen molar-refractivity contribution in [2.75, 3.05) is 19.0 Å². The van der Waals surface area contributed by atoms with Crippen molar-refractivity contribution in [3.05, 3.63) is 59.9 Å². The summed E-state index contributed by atoms with van der Waals surface area (Å²) in [5, 5.41) is 5.66. The van der Waals surface area contributed by atoms with E-state index in [2.05, 4.69) is 10.6 Å². The van der Waals surface area contributed by atoms with E-state index in [4.69, 9.17) is 4.74 Å². The van der Waals surface area contributed by atoms with E-state index in [0.29, 0.717) is 32.2 Å². The molecule has 0 bridgehead atoms. The molecular weight excluding hydrogens is 371 g/mol. The van der Waals surface area contributed by atoms with Crippen LogP contribution in [0.1, 0.15) is 31.2 Å². The SMILES string of the molecule is COc1cccc(CCNC(=O)C2CCC(C(=O)Nc3ccccc3F)CC2)c1. The van der Waals surface area contributed by atoms with Gasteiger partial charge in [-0.1, -0.05) is 24.3 Å². The van der Waals surface area contributed by atoms with Crippen molar-refractivity contribution in [3.63, 3.8) is 0 Å². The van der Waals surface area contributed by atoms with Gasteiger partial charge in [-0.2, -0.15) is 0 Å². The highest BCUT2D eigenvalue weighted by Gasteiger charge is 2.30. The summed E-state index contributed by atoms with van der Waals surface area (Å²) >= 11 is 0. The summed E-state index contributed by atoms with van der Waals surface area (Å²) in [5.41, 5.74) is 1.31. The predicted octanol–water partition coefficient (Wildman–Crippen LogP) is 3.94. The van der Waals surface area contributed by atoms with Crippen LogP contribution < -0.4 is 15.4 Å². The summed E-state index contributed by atoms with van der Waals surface area (Å²) in [4.78, 5) is 24.8. The molecule has 6 heteroatoms. The maximum atomic E-state index is 13.7. The Morgan fingerprint density at radius 2 is 1.69 bits per heavy atom. The molecule has 5 nitrogen and oxygen atoms in total. The van der Waals surface area contributed by atoms with Crippen LogP contribution in [0, 0.1) is 17.7 Å². The van der Waals surface area contributed by atoms with Crippen molar-refractivity contribution < 1.29 is 18.7 Å². The van der Waals surface area contributed by atoms with Gasteiger partial charge in [0.2, 0.25) is 11.8 Å². The van der Waals surface area contributed by atoms with E-state index in [0.717, 1.165) is 17.7 Å². The summed E-state index contributed by atoms with van der Waals surface area (Å²) < 4.78 is 18.9. The van der Waals surface area contributed by atoms with Gasteiger partial charge in [-0.3, -0.25) is 9.59 Å². The lowest BCUT2D eigenvalue weighted by atomic mass is 9.81. The Hall–Kier alpha value is -2.89. The minimum absolute atomic E-state index is 0.0425. The Kier molecular flexibility index (Phi) is 7.22. The zero-order chi connectivity index (χ0) is 20.6. The third-order valence-electron chi connectivity index (χ3n) is 5.45. The minimum Gasteiger partial charge on any atom is -0.497 e. The number of para-hydroxylation sites is 1. The highest BCUT2D eigenvalue weighted by atomic mass is 19.1. The number of hydrogen-bond acceptors (Lipinski definition) is 3. The standard InChI is InChI=1S/C23H27FN2O3/c1-29-19-6-4-5-16(15-19)13-14-25-22(27)17-9-11-18(12-10-17)23(28)26-21-8-3-2-7-20(21)24/h2-8,15,17-18H,9-14H2,1H3,(H,25,27)(H,26,28). The summed E-state index contributed by atoms with van der Waals surface area (Å²) in [6.07, 6.45) is 3.34. The molecular formula is C23H27FN2O3. The van der Waals surface area contributed by atoms with E-state index in [-0.39, 0.29) is 29.3 Å². The molecule has 2 aromatic rings. The molecule has 0 atom stereocenters. The number of carbonyl (C=O) groups is 2. The first-order valence-corrected chi connectivity index (χ1v) is 10.0. The summed E-state index contributed by atoms with van der Waals surface area (Å²) in [6.45, 7) is 0.569. The van der Waals surface area contributed by atoms with Gasteiger partial charge in [-0.15, -0.1) is 0 Å². The van der Waals surface area contributed by atoms with Crippen LogP contribution in [0.4, 0.5) is 10.1 Å². The van der Waals surface area contributed by atoms with Crippen LogP contribution >= 0.6 is 0 Å². The van der Waals surface area contributed by atoms with Gasteiger partial charge in [0.15, 0.2) is 0 Å². The molecule has 1 saturated carbocycles. The maximum absolute atomic E-state index is 13.7. The molecule has 2 N–H and O–H groups in total. The van der Waals surface area contributed by atoms with E-state index in [9.17, 15) is 14.0 Å². The molecule has 0 aliphatic heterocycles. The Bertz CT molecular complexity index is 848. The van der Waals surface area contributed by atoms with Crippen molar-refractivity contribution in [3.8, 4) is 5.75 Å². The molecule has 1 aliphatic carbocycles. The zero-order valence-corrected chi connectivity index (χ0v) is 16.6. The van der Waals surface area contributed by atoms with Crippen LogP contribution in [-0.4, -0.2) is 25.5 Å². The number of benzene rings is 2. The number of halogens is 1. The molecule has 0 heterocycles. The molecule has 3 rings (SSSR count). The number of hydrogen-bond donors (Lipinski definition) is 2. The first-order chi connectivity index (χ1) is 14.1. The average Bonchev–Trinajstić information content (AvgIpc) is 2.75. The number of nitrogens with one attached hydrogen (secondary N) is 2. The van der Waals surface area contributed by atoms with E-state index >= 15 is 0 Å². The quantitative estimate of drug-likeness (QED) is 0.742. The zero-order valence-electron chi connectivity index (χ0n) is 16.6. The van der Waals surface area contributed by atoms with Crippen molar-refractivity contribution in [2.45, 2.75) is 32.1 Å². The molecule has 2 amide bonds. The summed E-state index contributed by atoms with van der Waals surface area (Å²) in [7, 11) is 1.63. The first-order valence-electron chi connectivity index (χ1n) is 10.0. The van der Waals surface area contributed by atoms with E-state index in [1.807, 2.05) is 24.3 Å². The van der Waals surface area contributed by atoms with Crippen LogP contribution in [0.5, 0.6) is 5.75 Å². The van der Waals surface area contributed by atoms with E-state index in [1.165, 1.54) is 6.07 Å². The minimum atomic E-state index is -0.440. The predicted molar refractivity (Wildman–Crippen MR) is 110 cm³/mol. The number of methoxy groups -OCH3 is 1. The van der Waals surface area contributed by atoms with Crippen molar-refractivity contribution in [1.29, 1.82) is 0 Å². The van der Waals surface area contributed by atoms with Crippen LogP contribution in [0.3, 0.4) is 0 Å². The van der Waals surface area contributed by atoms with Crippen molar-refractivity contribution in [2.24, 2.45) is 11.8 Å². The smallest absolute Gasteiger partial charge is 0.227 e. The van der Waals surface area contributed by atoms with Gasteiger partial charge in [-0.25, -0.2) is 4.39 Å². The van der Waals surface area contributed by atoms with Crippen LogP contribution in [0.15, 0.2) is 48.5 Å².